The van der Waals surface area contributed by atoms with Crippen LogP contribution in [0.3, 0.4) is 0 Å². The Morgan fingerprint density at radius 2 is 0.847 bits per heavy atom. The Balaban J connectivity index is 0.000000179. The van der Waals surface area contributed by atoms with Crippen molar-refractivity contribution in [3.63, 3.8) is 0 Å². The van der Waals surface area contributed by atoms with Crippen molar-refractivity contribution in [2.75, 3.05) is 19.8 Å². The lowest BCUT2D eigenvalue weighted by atomic mass is 10.2. The smallest absolute Gasteiger partial charge is 0.330 e. The van der Waals surface area contributed by atoms with E-state index in [-0.39, 0.29) is 24.8 Å². The summed E-state index contributed by atoms with van der Waals surface area (Å²) in [6.45, 7) is -1.21. The Kier molecular flexibility index (Phi) is 15.7. The zero-order valence-electron chi connectivity index (χ0n) is 30.0. The summed E-state index contributed by atoms with van der Waals surface area (Å²) in [6.07, 6.45) is -4.40. The zero-order chi connectivity index (χ0) is 43.7. The summed E-state index contributed by atoms with van der Waals surface area (Å²) in [4.78, 5) is 96.7. The van der Waals surface area contributed by atoms with Crippen LogP contribution in [0, 0.1) is 17.5 Å². The minimum atomic E-state index is -1.12. The average Bonchev–Trinajstić information content (AvgIpc) is 3.88. The minimum absolute atomic E-state index is 0.0383. The number of nitrogens with zero attached hydrogens (tertiary/aromatic N) is 3. The van der Waals surface area contributed by atoms with Crippen LogP contribution in [0.2, 0.25) is 0 Å². The van der Waals surface area contributed by atoms with Crippen molar-refractivity contribution < 1.29 is 58.0 Å². The number of H-pyrrole nitrogens is 5. The van der Waals surface area contributed by atoms with Crippen LogP contribution in [0.4, 0.5) is 13.2 Å². The third kappa shape index (κ3) is 11.6. The summed E-state index contributed by atoms with van der Waals surface area (Å²) in [5.74, 6) is -3.35. The number of halogens is 3. The molecule has 0 aromatic carbocycles. The second kappa shape index (κ2) is 20.2. The lowest BCUT2D eigenvalue weighted by molar-refractivity contribution is -0.0462. The maximum Gasteiger partial charge on any atom is 0.330 e. The molecule has 9 atom stereocenters. The highest BCUT2D eigenvalue weighted by molar-refractivity contribution is 4.93. The maximum absolute atomic E-state index is 13.0. The van der Waals surface area contributed by atoms with E-state index in [9.17, 15) is 66.8 Å². The molecule has 0 radical (unpaired) electrons. The fourth-order valence-electron chi connectivity index (χ4n) is 5.56. The van der Waals surface area contributed by atoms with Gasteiger partial charge >= 0.3 is 22.8 Å². The first-order valence-electron chi connectivity index (χ1n) is 17.0. The van der Waals surface area contributed by atoms with Crippen molar-refractivity contribution in [2.45, 2.75) is 74.6 Å². The van der Waals surface area contributed by atoms with Gasteiger partial charge in [0.15, 0.2) is 0 Å². The number of aromatic nitrogens is 8. The quantitative estimate of drug-likeness (QED) is 0.0860. The van der Waals surface area contributed by atoms with Crippen LogP contribution in [0.15, 0.2) is 69.2 Å². The molecule has 0 aliphatic carbocycles. The van der Waals surface area contributed by atoms with E-state index >= 15 is 0 Å². The van der Waals surface area contributed by atoms with Crippen LogP contribution < -0.4 is 45.0 Å². The van der Waals surface area contributed by atoms with E-state index in [2.05, 4.69) is 4.98 Å². The van der Waals surface area contributed by atoms with Crippen LogP contribution in [0.5, 0.6) is 0 Å². The molecule has 4 aromatic heterocycles. The highest BCUT2D eigenvalue weighted by Gasteiger charge is 2.37. The molecule has 324 valence electrons. The number of hydrogen-bond donors (Lipinski definition) is 11. The van der Waals surface area contributed by atoms with Gasteiger partial charge in [-0.15, -0.1) is 0 Å². The summed E-state index contributed by atoms with van der Waals surface area (Å²) < 4.78 is 57.1. The normalized spacial score (nSPS) is 25.9. The van der Waals surface area contributed by atoms with Gasteiger partial charge in [-0.2, -0.15) is 13.2 Å². The van der Waals surface area contributed by atoms with Gasteiger partial charge < -0.3 is 49.8 Å². The zero-order valence-corrected chi connectivity index (χ0v) is 30.0. The van der Waals surface area contributed by atoms with Gasteiger partial charge in [0.25, 0.3) is 22.2 Å². The fraction of sp³-hybridized carbons (Fsp3) is 0.484. The summed E-state index contributed by atoms with van der Waals surface area (Å²) in [7, 11) is 0. The Hall–Kier alpha value is -5.85. The molecular weight excluding hydrogens is 813 g/mol. The molecule has 3 fully saturated rings. The molecule has 3 saturated heterocycles. The minimum Gasteiger partial charge on any atom is -0.394 e. The third-order valence-electron chi connectivity index (χ3n) is 8.54. The van der Waals surface area contributed by atoms with Crippen molar-refractivity contribution in [1.29, 1.82) is 0 Å². The molecule has 28 heteroatoms. The number of hydrogen-bond acceptors (Lipinski definition) is 17. The molecule has 0 spiro atoms. The molecule has 7 heterocycles. The number of nitrogens with one attached hydrogen (secondary N) is 5. The van der Waals surface area contributed by atoms with Gasteiger partial charge in [0.2, 0.25) is 17.5 Å². The number of ether oxygens (including phenoxy) is 3. The molecule has 25 nitrogen and oxygen atoms in total. The molecule has 3 aliphatic heterocycles. The second-order valence-electron chi connectivity index (χ2n) is 12.6. The summed E-state index contributed by atoms with van der Waals surface area (Å²) >= 11 is 0. The topological polar surface area (TPSA) is 379 Å². The lowest BCUT2D eigenvalue weighted by Crippen LogP contribution is -2.34. The molecule has 0 unspecified atom stereocenters. The number of aromatic amines is 5. The molecule has 0 bridgehead atoms. The maximum atomic E-state index is 13.0. The fourth-order valence-corrected chi connectivity index (χ4v) is 5.56. The van der Waals surface area contributed by atoms with E-state index < -0.39 is 132 Å². The lowest BCUT2D eigenvalue weighted by Gasteiger charge is -2.13. The van der Waals surface area contributed by atoms with Crippen LogP contribution in [-0.4, -0.2) is 126 Å². The van der Waals surface area contributed by atoms with Gasteiger partial charge in [-0.25, -0.2) is 19.2 Å². The molecule has 7 rings (SSSR count). The van der Waals surface area contributed by atoms with Crippen LogP contribution in [0.25, 0.3) is 0 Å². The third-order valence-corrected chi connectivity index (χ3v) is 8.54. The van der Waals surface area contributed by atoms with Gasteiger partial charge in [0.1, 0.15) is 37.0 Å². The van der Waals surface area contributed by atoms with Crippen LogP contribution >= 0.6 is 0 Å². The number of rotatable bonds is 6. The van der Waals surface area contributed by atoms with Gasteiger partial charge in [0, 0.05) is 31.5 Å². The second-order valence-corrected chi connectivity index (χ2v) is 12.6. The van der Waals surface area contributed by atoms with E-state index in [1.54, 1.807) is 15.0 Å². The van der Waals surface area contributed by atoms with E-state index in [0.717, 1.165) is 32.3 Å². The first-order chi connectivity index (χ1) is 27.9. The van der Waals surface area contributed by atoms with Crippen molar-refractivity contribution >= 4 is 0 Å². The summed E-state index contributed by atoms with van der Waals surface area (Å²) in [5.41, 5.74) is -6.66. The first kappa shape index (κ1) is 45.8. The molecule has 0 amide bonds. The monoisotopic (exact) mass is 850 g/mol. The van der Waals surface area contributed by atoms with Gasteiger partial charge in [-0.3, -0.25) is 52.8 Å². The number of aliphatic hydroxyl groups excluding tert-OH is 6. The predicted molar refractivity (Wildman–Crippen MR) is 186 cm³/mol. The Morgan fingerprint density at radius 3 is 1.07 bits per heavy atom. The molecule has 11 N–H and O–H groups in total. The molecular formula is C31H37F3N8O17. The van der Waals surface area contributed by atoms with Crippen molar-refractivity contribution in [1.82, 2.24) is 38.6 Å². The Labute approximate surface area is 322 Å². The Morgan fingerprint density at radius 1 is 0.542 bits per heavy atom. The SMILES string of the molecule is O=c1[nH]c(=O)n([C@H]2C[C@H](O)[C@@H](CO)O2)cc1F.O=c1[nH]c(=O)n([C@H]2C[C@H](O)[C@@H](CO)O2)cc1F.O=c1[nH]c(=O)n([C@H]2C[C@H](O)[C@@H](CO)O2)cc1F.O=c1cc[nH]c(=O)[nH]1. The van der Waals surface area contributed by atoms with Crippen molar-refractivity contribution in [3.05, 3.63) is 132 Å². The highest BCUT2D eigenvalue weighted by Crippen LogP contribution is 2.29. The molecule has 0 saturated carbocycles. The predicted octanol–water partition coefficient (Wildman–Crippen LogP) is -5.99. The van der Waals surface area contributed by atoms with Gasteiger partial charge in [-0.1, -0.05) is 0 Å². The first-order valence-corrected chi connectivity index (χ1v) is 17.0. The van der Waals surface area contributed by atoms with Crippen LogP contribution in [-0.2, 0) is 14.2 Å². The molecule has 59 heavy (non-hydrogen) atoms. The van der Waals surface area contributed by atoms with Gasteiger partial charge in [-0.05, 0) is 0 Å². The number of aliphatic hydroxyl groups is 6. The summed E-state index contributed by atoms with van der Waals surface area (Å²) in [6, 6.07) is 1.24. The summed E-state index contributed by atoms with van der Waals surface area (Å²) in [5, 5.41) is 55.0. The van der Waals surface area contributed by atoms with E-state index in [1.807, 2.05) is 4.98 Å². The standard InChI is InChI=1S/3C9H11FN2O5.C4H4N2O2/c3*10-4-2-12(9(16)11-8(4)15)7-1-5(14)6(3-13)17-7;7-3-1-2-5-4(8)6-3/h3*2,5-7,13-14H,1,3H2,(H,11,15,16);1-2H,(H2,5,6,7,8)/t3*5-,6+,7+;/m000./s1. The van der Waals surface area contributed by atoms with Crippen LogP contribution in [0.1, 0.15) is 37.9 Å². The van der Waals surface area contributed by atoms with Crippen molar-refractivity contribution in [3.8, 4) is 0 Å². The Bertz CT molecular complexity index is 2280. The van der Waals surface area contributed by atoms with E-state index in [1.165, 1.54) is 12.3 Å². The van der Waals surface area contributed by atoms with E-state index in [4.69, 9.17) is 29.5 Å². The highest BCUT2D eigenvalue weighted by atomic mass is 19.1. The molecule has 4 aromatic rings. The average molecular weight is 851 g/mol. The van der Waals surface area contributed by atoms with Crippen molar-refractivity contribution in [2.24, 2.45) is 0 Å². The van der Waals surface area contributed by atoms with Gasteiger partial charge in [0.05, 0.1) is 56.7 Å². The molecule has 3 aliphatic rings. The largest absolute Gasteiger partial charge is 0.394 e. The van der Waals surface area contributed by atoms with E-state index in [0.29, 0.717) is 0 Å².